The molecule has 0 spiro atoms. The van der Waals surface area contributed by atoms with Crippen molar-refractivity contribution in [3.63, 3.8) is 0 Å². The zero-order chi connectivity index (χ0) is 15.5. The predicted octanol–water partition coefficient (Wildman–Crippen LogP) is 2.89. The molecule has 1 unspecified atom stereocenters. The Balaban J connectivity index is 2.13. The minimum Gasteiger partial charge on any atom is -0.377 e. The molecule has 2 rings (SSSR count). The van der Waals surface area contributed by atoms with Gasteiger partial charge in [0.25, 0.3) is 0 Å². The molecule has 1 aromatic rings. The van der Waals surface area contributed by atoms with Gasteiger partial charge in [-0.1, -0.05) is 0 Å². The molecule has 1 aliphatic heterocycles. The molecule has 1 N–H and O–H groups in total. The van der Waals surface area contributed by atoms with Crippen molar-refractivity contribution in [1.82, 2.24) is 10.3 Å². The molecule has 1 atom stereocenters. The summed E-state index contributed by atoms with van der Waals surface area (Å²) >= 11 is 0. The maximum Gasteiger partial charge on any atom is 0.129 e. The van der Waals surface area contributed by atoms with Gasteiger partial charge >= 0.3 is 0 Å². The van der Waals surface area contributed by atoms with Gasteiger partial charge in [-0.2, -0.15) is 0 Å². The molecule has 1 saturated heterocycles. The molecule has 1 aliphatic rings. The monoisotopic (exact) mass is 291 g/mol. The maximum absolute atomic E-state index is 5.73. The normalized spacial score (nSPS) is 20.4. The van der Waals surface area contributed by atoms with E-state index in [1.165, 1.54) is 5.56 Å². The summed E-state index contributed by atoms with van der Waals surface area (Å²) in [4.78, 5) is 7.07. The van der Waals surface area contributed by atoms with Crippen LogP contribution in [0.2, 0.25) is 0 Å². The fourth-order valence-electron chi connectivity index (χ4n) is 2.55. The Bertz CT molecular complexity index is 468. The summed E-state index contributed by atoms with van der Waals surface area (Å²) in [6.45, 7) is 14.4. The minimum absolute atomic E-state index is 0.127. The molecule has 0 aromatic carbocycles. The number of nitrogens with one attached hydrogen (secondary N) is 1. The fraction of sp³-hybridized carbons (Fsp3) is 0.706. The molecule has 0 bridgehead atoms. The van der Waals surface area contributed by atoms with Crippen LogP contribution in [-0.2, 0) is 11.3 Å². The summed E-state index contributed by atoms with van der Waals surface area (Å²) in [5.41, 5.74) is 2.50. The smallest absolute Gasteiger partial charge is 0.129 e. The Morgan fingerprint density at radius 1 is 1.38 bits per heavy atom. The van der Waals surface area contributed by atoms with Gasteiger partial charge in [-0.3, -0.25) is 0 Å². The van der Waals surface area contributed by atoms with E-state index >= 15 is 0 Å². The molecule has 2 heterocycles. The molecule has 0 amide bonds. The number of aryl methyl sites for hydroxylation is 1. The van der Waals surface area contributed by atoms with Crippen LogP contribution in [0.1, 0.15) is 45.4 Å². The standard InChI is InChI=1S/C17H29N3O/c1-13-9-15(11-18-17(3,4)5)10-16(19-13)20-7-6-8-21-14(2)12-20/h9-10,14,18H,6-8,11-12H2,1-5H3. The average molecular weight is 291 g/mol. The molecular formula is C17H29N3O. The van der Waals surface area contributed by atoms with E-state index in [0.717, 1.165) is 44.2 Å². The fourth-order valence-corrected chi connectivity index (χ4v) is 2.55. The summed E-state index contributed by atoms with van der Waals surface area (Å²) in [7, 11) is 0. The van der Waals surface area contributed by atoms with E-state index in [-0.39, 0.29) is 11.6 Å². The zero-order valence-corrected chi connectivity index (χ0v) is 14.1. The van der Waals surface area contributed by atoms with Crippen molar-refractivity contribution in [2.75, 3.05) is 24.6 Å². The molecule has 118 valence electrons. The molecule has 21 heavy (non-hydrogen) atoms. The van der Waals surface area contributed by atoms with Crippen molar-refractivity contribution in [3.8, 4) is 0 Å². The van der Waals surface area contributed by atoms with E-state index in [9.17, 15) is 0 Å². The van der Waals surface area contributed by atoms with Gasteiger partial charge in [0.15, 0.2) is 0 Å². The van der Waals surface area contributed by atoms with Crippen LogP contribution in [0, 0.1) is 6.92 Å². The van der Waals surface area contributed by atoms with Gasteiger partial charge in [0, 0.05) is 37.5 Å². The Hall–Kier alpha value is -1.13. The first-order valence-electron chi connectivity index (χ1n) is 7.93. The first-order chi connectivity index (χ1) is 9.83. The Kier molecular flexibility index (Phi) is 5.22. The van der Waals surface area contributed by atoms with Crippen LogP contribution >= 0.6 is 0 Å². The van der Waals surface area contributed by atoms with E-state index in [2.05, 4.69) is 57.0 Å². The van der Waals surface area contributed by atoms with E-state index in [1.807, 2.05) is 0 Å². The summed E-state index contributed by atoms with van der Waals surface area (Å²) in [5, 5.41) is 3.55. The van der Waals surface area contributed by atoms with Crippen molar-refractivity contribution >= 4 is 5.82 Å². The number of hydrogen-bond donors (Lipinski definition) is 1. The number of ether oxygens (including phenoxy) is 1. The van der Waals surface area contributed by atoms with Crippen LogP contribution in [0.25, 0.3) is 0 Å². The van der Waals surface area contributed by atoms with Gasteiger partial charge < -0.3 is 15.0 Å². The third kappa shape index (κ3) is 5.29. The third-order valence-electron chi connectivity index (χ3n) is 3.60. The Morgan fingerprint density at radius 3 is 2.86 bits per heavy atom. The first kappa shape index (κ1) is 16.2. The molecule has 4 nitrogen and oxygen atoms in total. The lowest BCUT2D eigenvalue weighted by atomic mass is 10.1. The highest BCUT2D eigenvalue weighted by atomic mass is 16.5. The van der Waals surface area contributed by atoms with Crippen molar-refractivity contribution in [2.45, 2.75) is 59.2 Å². The number of pyridine rings is 1. The van der Waals surface area contributed by atoms with Gasteiger partial charge in [0.1, 0.15) is 5.82 Å². The highest BCUT2D eigenvalue weighted by molar-refractivity contribution is 5.43. The molecular weight excluding hydrogens is 262 g/mol. The highest BCUT2D eigenvalue weighted by Crippen LogP contribution is 2.18. The lowest BCUT2D eigenvalue weighted by Crippen LogP contribution is -2.35. The number of anilines is 1. The van der Waals surface area contributed by atoms with E-state index in [4.69, 9.17) is 9.72 Å². The van der Waals surface area contributed by atoms with Crippen LogP contribution in [0.3, 0.4) is 0 Å². The van der Waals surface area contributed by atoms with Crippen LogP contribution in [0.4, 0.5) is 5.82 Å². The molecule has 0 aliphatic carbocycles. The van der Waals surface area contributed by atoms with Crippen LogP contribution in [0.5, 0.6) is 0 Å². The SMILES string of the molecule is Cc1cc(CNC(C)(C)C)cc(N2CCCOC(C)C2)n1. The average Bonchev–Trinajstić information content (AvgIpc) is 2.60. The van der Waals surface area contributed by atoms with Gasteiger partial charge in [-0.25, -0.2) is 4.98 Å². The molecule has 4 heteroatoms. The quantitative estimate of drug-likeness (QED) is 0.929. The van der Waals surface area contributed by atoms with E-state index < -0.39 is 0 Å². The van der Waals surface area contributed by atoms with Gasteiger partial charge in [-0.05, 0) is 58.7 Å². The minimum atomic E-state index is 0.127. The zero-order valence-electron chi connectivity index (χ0n) is 14.1. The summed E-state index contributed by atoms with van der Waals surface area (Å²) in [5.74, 6) is 1.08. The number of aromatic nitrogens is 1. The van der Waals surface area contributed by atoms with Gasteiger partial charge in [0.2, 0.25) is 0 Å². The summed E-state index contributed by atoms with van der Waals surface area (Å²) in [6, 6.07) is 4.38. The molecule has 1 aromatic heterocycles. The van der Waals surface area contributed by atoms with Crippen LogP contribution in [0.15, 0.2) is 12.1 Å². The molecule has 1 fully saturated rings. The first-order valence-corrected chi connectivity index (χ1v) is 7.93. The second kappa shape index (κ2) is 6.75. The second-order valence-corrected chi connectivity index (χ2v) is 7.06. The van der Waals surface area contributed by atoms with E-state index in [0.29, 0.717) is 0 Å². The highest BCUT2D eigenvalue weighted by Gasteiger charge is 2.17. The van der Waals surface area contributed by atoms with Crippen molar-refractivity contribution in [1.29, 1.82) is 0 Å². The van der Waals surface area contributed by atoms with Crippen molar-refractivity contribution < 1.29 is 4.74 Å². The lowest BCUT2D eigenvalue weighted by molar-refractivity contribution is 0.0820. The number of hydrogen-bond acceptors (Lipinski definition) is 4. The summed E-state index contributed by atoms with van der Waals surface area (Å²) in [6.07, 6.45) is 1.33. The third-order valence-corrected chi connectivity index (χ3v) is 3.60. The predicted molar refractivity (Wildman–Crippen MR) is 87.8 cm³/mol. The number of nitrogens with zero attached hydrogens (tertiary/aromatic N) is 2. The largest absolute Gasteiger partial charge is 0.377 e. The number of rotatable bonds is 3. The Morgan fingerprint density at radius 2 is 2.14 bits per heavy atom. The molecule has 0 radical (unpaired) electrons. The van der Waals surface area contributed by atoms with Crippen LogP contribution < -0.4 is 10.2 Å². The van der Waals surface area contributed by atoms with Gasteiger partial charge in [-0.15, -0.1) is 0 Å². The lowest BCUT2D eigenvalue weighted by Gasteiger charge is -2.25. The topological polar surface area (TPSA) is 37.4 Å². The Labute approximate surface area is 128 Å². The molecule has 0 saturated carbocycles. The van der Waals surface area contributed by atoms with E-state index in [1.54, 1.807) is 0 Å². The summed E-state index contributed by atoms with van der Waals surface area (Å²) < 4.78 is 5.73. The van der Waals surface area contributed by atoms with Crippen molar-refractivity contribution in [2.24, 2.45) is 0 Å². The van der Waals surface area contributed by atoms with Gasteiger partial charge in [0.05, 0.1) is 6.10 Å². The van der Waals surface area contributed by atoms with Crippen molar-refractivity contribution in [3.05, 3.63) is 23.4 Å². The second-order valence-electron chi connectivity index (χ2n) is 7.06. The maximum atomic E-state index is 5.73. The van der Waals surface area contributed by atoms with Crippen LogP contribution in [-0.4, -0.2) is 36.3 Å².